The molecular formula is C13H15F3N2O4S2. The lowest BCUT2D eigenvalue weighted by atomic mass is 10.3. The van der Waals surface area contributed by atoms with Crippen LogP contribution in [0.3, 0.4) is 0 Å². The third-order valence-corrected chi connectivity index (χ3v) is 5.17. The zero-order valence-electron chi connectivity index (χ0n) is 12.8. The number of thioether (sulfide) groups is 1. The molecule has 134 valence electrons. The highest BCUT2D eigenvalue weighted by atomic mass is 32.2. The Morgan fingerprint density at radius 1 is 1.33 bits per heavy atom. The lowest BCUT2D eigenvalue weighted by Gasteiger charge is -2.18. The molecule has 0 heterocycles. The standard InChI is InChI=1S/C13H15F3N2O4S2/c1-3-17(4-2)12(19)8-23-11-6-5-9(7-10(11)18(20)21)24(22)13(14,15)16/h5-7H,3-4,8H2,1-2H3. The number of benzene rings is 1. The number of nitrogens with zero attached hydrogens (tertiary/aromatic N) is 2. The van der Waals surface area contributed by atoms with Gasteiger partial charge in [-0.15, -0.1) is 11.8 Å². The van der Waals surface area contributed by atoms with Gasteiger partial charge in [-0.3, -0.25) is 14.9 Å². The number of nitro groups is 1. The maximum absolute atomic E-state index is 12.5. The lowest BCUT2D eigenvalue weighted by Crippen LogP contribution is -2.31. The number of nitro benzene ring substituents is 1. The fourth-order valence-electron chi connectivity index (χ4n) is 1.82. The van der Waals surface area contributed by atoms with Gasteiger partial charge in [-0.25, -0.2) is 4.21 Å². The fourth-order valence-corrected chi connectivity index (χ4v) is 3.40. The molecule has 0 aliphatic rings. The summed E-state index contributed by atoms with van der Waals surface area (Å²) in [6.07, 6.45) is 0. The molecule has 0 saturated carbocycles. The van der Waals surface area contributed by atoms with Crippen molar-refractivity contribution in [2.75, 3.05) is 18.8 Å². The third-order valence-electron chi connectivity index (χ3n) is 3.02. The van der Waals surface area contributed by atoms with Gasteiger partial charge in [0.2, 0.25) is 5.91 Å². The topological polar surface area (TPSA) is 80.5 Å². The Balaban J connectivity index is 3.03. The number of carbonyl (C=O) groups is 1. The van der Waals surface area contributed by atoms with Crippen molar-refractivity contribution in [1.29, 1.82) is 0 Å². The van der Waals surface area contributed by atoms with Gasteiger partial charge in [0.15, 0.2) is 10.8 Å². The lowest BCUT2D eigenvalue weighted by molar-refractivity contribution is -0.387. The predicted molar refractivity (Wildman–Crippen MR) is 84.2 cm³/mol. The maximum atomic E-state index is 12.5. The Labute approximate surface area is 143 Å². The molecule has 0 aromatic heterocycles. The number of halogens is 3. The first-order valence-electron chi connectivity index (χ1n) is 6.79. The molecule has 1 aromatic carbocycles. The highest BCUT2D eigenvalue weighted by molar-refractivity contribution is 8.00. The van der Waals surface area contributed by atoms with Crippen LogP contribution >= 0.6 is 11.8 Å². The summed E-state index contributed by atoms with van der Waals surface area (Å²) in [6.45, 7) is 4.55. The van der Waals surface area contributed by atoms with Crippen LogP contribution in [0.4, 0.5) is 18.9 Å². The van der Waals surface area contributed by atoms with Crippen molar-refractivity contribution < 1.29 is 27.1 Å². The van der Waals surface area contributed by atoms with Crippen LogP contribution in [-0.2, 0) is 15.6 Å². The van der Waals surface area contributed by atoms with E-state index in [4.69, 9.17) is 0 Å². The van der Waals surface area contributed by atoms with Crippen molar-refractivity contribution in [3.05, 3.63) is 28.3 Å². The molecule has 11 heteroatoms. The van der Waals surface area contributed by atoms with Crippen LogP contribution in [0.5, 0.6) is 0 Å². The first-order valence-corrected chi connectivity index (χ1v) is 8.92. The van der Waals surface area contributed by atoms with Crippen molar-refractivity contribution in [1.82, 2.24) is 4.90 Å². The molecule has 0 aliphatic carbocycles. The highest BCUT2D eigenvalue weighted by Gasteiger charge is 2.38. The summed E-state index contributed by atoms with van der Waals surface area (Å²) in [5.74, 6) is -0.313. The van der Waals surface area contributed by atoms with Gasteiger partial charge in [0.05, 0.1) is 20.5 Å². The summed E-state index contributed by atoms with van der Waals surface area (Å²) in [7, 11) is -3.35. The molecule has 0 fully saturated rings. The molecule has 1 aromatic rings. The fraction of sp³-hybridized carbons (Fsp3) is 0.462. The molecule has 1 unspecified atom stereocenters. The van der Waals surface area contributed by atoms with E-state index in [2.05, 4.69) is 0 Å². The van der Waals surface area contributed by atoms with Gasteiger partial charge in [-0.05, 0) is 26.0 Å². The van der Waals surface area contributed by atoms with E-state index in [1.165, 1.54) is 4.90 Å². The molecular weight excluding hydrogens is 369 g/mol. The van der Waals surface area contributed by atoms with Gasteiger partial charge in [0.1, 0.15) is 0 Å². The summed E-state index contributed by atoms with van der Waals surface area (Å²) in [6, 6.07) is 2.63. The Morgan fingerprint density at radius 3 is 2.38 bits per heavy atom. The SMILES string of the molecule is CCN(CC)C(=O)CSc1ccc(S(=O)C(F)(F)F)cc1[N+](=O)[O-]. The summed E-state index contributed by atoms with van der Waals surface area (Å²) in [4.78, 5) is 23.0. The number of amides is 1. The average molecular weight is 384 g/mol. The Kier molecular flexibility index (Phi) is 7.21. The van der Waals surface area contributed by atoms with E-state index in [-0.39, 0.29) is 16.6 Å². The minimum Gasteiger partial charge on any atom is -0.343 e. The van der Waals surface area contributed by atoms with Crippen molar-refractivity contribution in [2.45, 2.75) is 29.1 Å². The van der Waals surface area contributed by atoms with Crippen molar-refractivity contribution in [3.8, 4) is 0 Å². The molecule has 1 rings (SSSR count). The molecule has 0 N–H and O–H groups in total. The van der Waals surface area contributed by atoms with Crippen LogP contribution in [-0.4, -0.2) is 44.3 Å². The third kappa shape index (κ3) is 5.20. The summed E-state index contributed by atoms with van der Waals surface area (Å²) < 4.78 is 48.7. The molecule has 0 spiro atoms. The Hall–Kier alpha value is -1.62. The molecule has 0 saturated heterocycles. The van der Waals surface area contributed by atoms with Gasteiger partial charge >= 0.3 is 5.51 Å². The number of alkyl halides is 3. The second-order valence-electron chi connectivity index (χ2n) is 4.46. The number of carbonyl (C=O) groups excluding carboxylic acids is 1. The van der Waals surface area contributed by atoms with Crippen LogP contribution in [0.2, 0.25) is 0 Å². The Morgan fingerprint density at radius 2 is 1.92 bits per heavy atom. The highest BCUT2D eigenvalue weighted by Crippen LogP contribution is 2.34. The average Bonchev–Trinajstić information content (AvgIpc) is 2.52. The minimum atomic E-state index is -5.00. The van der Waals surface area contributed by atoms with Gasteiger partial charge < -0.3 is 4.90 Å². The zero-order valence-corrected chi connectivity index (χ0v) is 14.5. The number of hydrogen-bond donors (Lipinski definition) is 0. The maximum Gasteiger partial charge on any atom is 0.475 e. The minimum absolute atomic E-state index is 0.0448. The summed E-state index contributed by atoms with van der Waals surface area (Å²) in [5, 5.41) is 11.1. The zero-order chi connectivity index (χ0) is 18.5. The van der Waals surface area contributed by atoms with Gasteiger partial charge in [-0.2, -0.15) is 13.2 Å². The van der Waals surface area contributed by atoms with Crippen molar-refractivity contribution in [2.24, 2.45) is 0 Å². The van der Waals surface area contributed by atoms with Crippen LogP contribution in [0.1, 0.15) is 13.8 Å². The van der Waals surface area contributed by atoms with Gasteiger partial charge in [-0.1, -0.05) is 0 Å². The monoisotopic (exact) mass is 384 g/mol. The van der Waals surface area contributed by atoms with E-state index in [1.807, 2.05) is 0 Å². The second kappa shape index (κ2) is 8.47. The first kappa shape index (κ1) is 20.4. The molecule has 24 heavy (non-hydrogen) atoms. The van der Waals surface area contributed by atoms with E-state index >= 15 is 0 Å². The van der Waals surface area contributed by atoms with Gasteiger partial charge in [0, 0.05) is 19.2 Å². The van der Waals surface area contributed by atoms with E-state index in [0.717, 1.165) is 23.9 Å². The second-order valence-corrected chi connectivity index (χ2v) is 6.94. The largest absolute Gasteiger partial charge is 0.475 e. The quantitative estimate of drug-likeness (QED) is 0.410. The molecule has 0 radical (unpaired) electrons. The van der Waals surface area contributed by atoms with Crippen LogP contribution < -0.4 is 0 Å². The Bertz CT molecular complexity index is 649. The predicted octanol–water partition coefficient (Wildman–Crippen LogP) is 3.18. The van der Waals surface area contributed by atoms with Crippen molar-refractivity contribution >= 4 is 34.2 Å². The van der Waals surface area contributed by atoms with E-state index in [0.29, 0.717) is 19.2 Å². The number of hydrogen-bond acceptors (Lipinski definition) is 5. The van der Waals surface area contributed by atoms with E-state index in [1.54, 1.807) is 13.8 Å². The molecule has 0 bridgehead atoms. The first-order chi connectivity index (χ1) is 11.1. The summed E-state index contributed by atoms with van der Waals surface area (Å²) in [5.41, 5.74) is -5.61. The van der Waals surface area contributed by atoms with E-state index < -0.39 is 31.8 Å². The molecule has 6 nitrogen and oxygen atoms in total. The molecule has 1 amide bonds. The molecule has 1 atom stereocenters. The van der Waals surface area contributed by atoms with Crippen molar-refractivity contribution in [3.63, 3.8) is 0 Å². The number of rotatable bonds is 7. The van der Waals surface area contributed by atoms with Crippen LogP contribution in [0, 0.1) is 10.1 Å². The van der Waals surface area contributed by atoms with Crippen LogP contribution in [0.25, 0.3) is 0 Å². The van der Waals surface area contributed by atoms with E-state index in [9.17, 15) is 32.3 Å². The molecule has 0 aliphatic heterocycles. The van der Waals surface area contributed by atoms with Gasteiger partial charge in [0.25, 0.3) is 5.69 Å². The summed E-state index contributed by atoms with van der Waals surface area (Å²) >= 11 is 0.857. The smallest absolute Gasteiger partial charge is 0.343 e. The van der Waals surface area contributed by atoms with Crippen LogP contribution in [0.15, 0.2) is 28.0 Å². The normalized spacial score (nSPS) is 12.7.